The summed E-state index contributed by atoms with van der Waals surface area (Å²) in [5, 5.41) is 9.33. The molecule has 0 aliphatic carbocycles. The molecule has 0 radical (unpaired) electrons. The number of carboxylic acid groups (broad SMARTS) is 1. The van der Waals surface area contributed by atoms with E-state index in [1.807, 2.05) is 0 Å². The molecule has 0 spiro atoms. The van der Waals surface area contributed by atoms with Gasteiger partial charge in [0.25, 0.3) is 0 Å². The molecule has 1 atom stereocenters. The number of carbonyl (C=O) groups excluding carboxylic acids is 1. The molecule has 0 rings (SSSR count). The quantitative estimate of drug-likeness (QED) is 0.309. The van der Waals surface area contributed by atoms with Crippen LogP contribution in [0.25, 0.3) is 0 Å². The number of rotatable bonds is 13. The van der Waals surface area contributed by atoms with Crippen molar-refractivity contribution in [3.05, 3.63) is 0 Å². The van der Waals surface area contributed by atoms with Crippen LogP contribution in [-0.2, 0) is 28.5 Å². The van der Waals surface area contributed by atoms with Crippen LogP contribution in [0.15, 0.2) is 0 Å². The summed E-state index contributed by atoms with van der Waals surface area (Å²) in [5.41, 5.74) is -1.53. The SMILES string of the molecule is CCOC(=O)C(CC)(CCOCCOCCOC)C(=O)O. The molecule has 1 unspecified atom stereocenters. The van der Waals surface area contributed by atoms with Crippen LogP contribution in [-0.4, -0.2) is 63.8 Å². The van der Waals surface area contributed by atoms with Crippen molar-refractivity contribution in [2.75, 3.05) is 46.8 Å². The standard InChI is InChI=1S/C14H26O7/c1-4-14(12(15)16,13(17)21-5-2)6-7-19-10-11-20-9-8-18-3/h4-11H2,1-3H3,(H,15,16). The number of methoxy groups -OCH3 is 1. The van der Waals surface area contributed by atoms with Crippen LogP contribution in [0.1, 0.15) is 26.7 Å². The molecular formula is C14H26O7. The molecule has 0 heterocycles. The molecule has 1 N–H and O–H groups in total. The molecule has 0 aromatic carbocycles. The second kappa shape index (κ2) is 11.5. The molecule has 0 aliphatic heterocycles. The van der Waals surface area contributed by atoms with Gasteiger partial charge in [0.05, 0.1) is 33.0 Å². The van der Waals surface area contributed by atoms with Crippen molar-refractivity contribution in [2.45, 2.75) is 26.7 Å². The van der Waals surface area contributed by atoms with Gasteiger partial charge in [-0.1, -0.05) is 6.92 Å². The van der Waals surface area contributed by atoms with E-state index in [-0.39, 0.29) is 26.1 Å². The van der Waals surface area contributed by atoms with Crippen LogP contribution in [0.3, 0.4) is 0 Å². The lowest BCUT2D eigenvalue weighted by molar-refractivity contribution is -0.170. The maximum absolute atomic E-state index is 11.9. The topological polar surface area (TPSA) is 91.3 Å². The summed E-state index contributed by atoms with van der Waals surface area (Å²) in [7, 11) is 1.59. The normalized spacial score (nSPS) is 13.7. The highest BCUT2D eigenvalue weighted by molar-refractivity contribution is 5.99. The highest BCUT2D eigenvalue weighted by Crippen LogP contribution is 2.29. The van der Waals surface area contributed by atoms with Gasteiger partial charge >= 0.3 is 11.9 Å². The second-order valence-electron chi connectivity index (χ2n) is 4.43. The van der Waals surface area contributed by atoms with Gasteiger partial charge in [0, 0.05) is 13.7 Å². The maximum Gasteiger partial charge on any atom is 0.323 e. The molecule has 0 aromatic rings. The molecule has 124 valence electrons. The van der Waals surface area contributed by atoms with Crippen molar-refractivity contribution >= 4 is 11.9 Å². The van der Waals surface area contributed by atoms with Crippen LogP contribution in [0, 0.1) is 5.41 Å². The Morgan fingerprint density at radius 3 is 2.05 bits per heavy atom. The summed E-state index contributed by atoms with van der Waals surface area (Å²) in [6.45, 7) is 5.35. The van der Waals surface area contributed by atoms with Gasteiger partial charge in [0.15, 0.2) is 5.41 Å². The first kappa shape index (κ1) is 19.8. The van der Waals surface area contributed by atoms with Gasteiger partial charge in [0.2, 0.25) is 0 Å². The average molecular weight is 306 g/mol. The van der Waals surface area contributed by atoms with Gasteiger partial charge in [-0.25, -0.2) is 0 Å². The van der Waals surface area contributed by atoms with Crippen LogP contribution in [0.4, 0.5) is 0 Å². The van der Waals surface area contributed by atoms with Crippen molar-refractivity contribution in [3.8, 4) is 0 Å². The lowest BCUT2D eigenvalue weighted by atomic mass is 9.82. The fourth-order valence-electron chi connectivity index (χ4n) is 1.75. The average Bonchev–Trinajstić information content (AvgIpc) is 2.46. The Bertz CT molecular complexity index is 306. The number of aliphatic carboxylic acids is 1. The van der Waals surface area contributed by atoms with Crippen molar-refractivity contribution in [2.24, 2.45) is 5.41 Å². The first-order valence-corrected chi connectivity index (χ1v) is 7.10. The minimum absolute atomic E-state index is 0.0791. The first-order valence-electron chi connectivity index (χ1n) is 7.10. The zero-order chi connectivity index (χ0) is 16.1. The minimum atomic E-state index is -1.53. The summed E-state index contributed by atoms with van der Waals surface area (Å²) in [6, 6.07) is 0. The third-order valence-electron chi connectivity index (χ3n) is 3.16. The zero-order valence-corrected chi connectivity index (χ0v) is 13.1. The summed E-state index contributed by atoms with van der Waals surface area (Å²) >= 11 is 0. The van der Waals surface area contributed by atoms with Gasteiger partial charge in [-0.2, -0.15) is 0 Å². The third-order valence-corrected chi connectivity index (χ3v) is 3.16. The molecule has 0 saturated heterocycles. The van der Waals surface area contributed by atoms with Gasteiger partial charge < -0.3 is 24.1 Å². The highest BCUT2D eigenvalue weighted by atomic mass is 16.5. The number of hydrogen-bond acceptors (Lipinski definition) is 6. The minimum Gasteiger partial charge on any atom is -0.480 e. The molecule has 0 saturated carbocycles. The Morgan fingerprint density at radius 2 is 1.57 bits per heavy atom. The monoisotopic (exact) mass is 306 g/mol. The Morgan fingerprint density at radius 1 is 1.00 bits per heavy atom. The molecule has 21 heavy (non-hydrogen) atoms. The maximum atomic E-state index is 11.9. The number of esters is 1. The Balaban J connectivity index is 4.14. The van der Waals surface area contributed by atoms with Crippen LogP contribution >= 0.6 is 0 Å². The fourth-order valence-corrected chi connectivity index (χ4v) is 1.75. The summed E-state index contributed by atoms with van der Waals surface area (Å²) < 4.78 is 20.2. The van der Waals surface area contributed by atoms with E-state index in [1.165, 1.54) is 0 Å². The third kappa shape index (κ3) is 6.88. The molecule has 0 aromatic heterocycles. The molecule has 0 fully saturated rings. The van der Waals surface area contributed by atoms with Crippen LogP contribution < -0.4 is 0 Å². The highest BCUT2D eigenvalue weighted by Gasteiger charge is 2.45. The summed E-state index contributed by atoms with van der Waals surface area (Å²) in [4.78, 5) is 23.3. The van der Waals surface area contributed by atoms with E-state index in [0.29, 0.717) is 26.4 Å². The molecule has 0 amide bonds. The zero-order valence-electron chi connectivity index (χ0n) is 13.1. The Kier molecular flexibility index (Phi) is 10.8. The largest absolute Gasteiger partial charge is 0.480 e. The summed E-state index contributed by atoms with van der Waals surface area (Å²) in [5.74, 6) is -1.89. The van der Waals surface area contributed by atoms with Crippen molar-refractivity contribution in [3.63, 3.8) is 0 Å². The van der Waals surface area contributed by atoms with Crippen molar-refractivity contribution in [1.82, 2.24) is 0 Å². The number of carbonyl (C=O) groups is 2. The second-order valence-corrected chi connectivity index (χ2v) is 4.43. The van der Waals surface area contributed by atoms with Crippen LogP contribution in [0.2, 0.25) is 0 Å². The van der Waals surface area contributed by atoms with E-state index in [4.69, 9.17) is 18.9 Å². The van der Waals surface area contributed by atoms with E-state index in [2.05, 4.69) is 0 Å². The molecule has 0 bridgehead atoms. The fraction of sp³-hybridized carbons (Fsp3) is 0.857. The lowest BCUT2D eigenvalue weighted by Gasteiger charge is -2.25. The van der Waals surface area contributed by atoms with E-state index in [1.54, 1.807) is 21.0 Å². The summed E-state index contributed by atoms with van der Waals surface area (Å²) in [6.07, 6.45) is 0.241. The lowest BCUT2D eigenvalue weighted by Crippen LogP contribution is -2.41. The predicted octanol–water partition coefficient (Wildman–Crippen LogP) is 1.10. The predicted molar refractivity (Wildman–Crippen MR) is 75.1 cm³/mol. The van der Waals surface area contributed by atoms with E-state index in [0.717, 1.165) is 0 Å². The Labute approximate surface area is 125 Å². The number of ether oxygens (including phenoxy) is 4. The van der Waals surface area contributed by atoms with Crippen LogP contribution in [0.5, 0.6) is 0 Å². The number of carboxylic acids is 1. The Hall–Kier alpha value is -1.18. The van der Waals surface area contributed by atoms with Gasteiger partial charge in [-0.3, -0.25) is 9.59 Å². The van der Waals surface area contributed by atoms with Gasteiger partial charge in [-0.05, 0) is 19.8 Å². The van der Waals surface area contributed by atoms with E-state index >= 15 is 0 Å². The first-order chi connectivity index (χ1) is 10.0. The molecule has 7 nitrogen and oxygen atoms in total. The molecule has 0 aliphatic rings. The van der Waals surface area contributed by atoms with Crippen molar-refractivity contribution in [1.29, 1.82) is 0 Å². The number of hydrogen-bond donors (Lipinski definition) is 1. The van der Waals surface area contributed by atoms with Gasteiger partial charge in [-0.15, -0.1) is 0 Å². The molecular weight excluding hydrogens is 280 g/mol. The van der Waals surface area contributed by atoms with E-state index in [9.17, 15) is 14.7 Å². The smallest absolute Gasteiger partial charge is 0.323 e. The van der Waals surface area contributed by atoms with Gasteiger partial charge in [0.1, 0.15) is 0 Å². The van der Waals surface area contributed by atoms with E-state index < -0.39 is 17.4 Å². The molecule has 7 heteroatoms. The van der Waals surface area contributed by atoms with Crippen molar-refractivity contribution < 1.29 is 33.6 Å².